The van der Waals surface area contributed by atoms with Crippen molar-refractivity contribution in [3.8, 4) is 5.75 Å². The number of halogens is 4. The van der Waals surface area contributed by atoms with E-state index in [2.05, 4.69) is 15.3 Å². The van der Waals surface area contributed by atoms with Crippen LogP contribution in [0.3, 0.4) is 0 Å². The number of rotatable bonds is 7. The molecule has 1 saturated carbocycles. The molecular weight excluding hydrogens is 669 g/mol. The van der Waals surface area contributed by atoms with Gasteiger partial charge in [0.15, 0.2) is 27.6 Å². The molecule has 0 atom stereocenters. The minimum atomic E-state index is -1.36. The third kappa shape index (κ3) is 5.36. The summed E-state index contributed by atoms with van der Waals surface area (Å²) in [6, 6.07) is 1.12. The lowest BCUT2D eigenvalue weighted by Gasteiger charge is -2.37. The normalized spacial score (nSPS) is 16.0. The predicted molar refractivity (Wildman–Crippen MR) is 151 cm³/mol. The zero-order valence-electron chi connectivity index (χ0n) is 20.5. The zero-order valence-corrected chi connectivity index (χ0v) is 24.2. The molecule has 2 aromatic heterocycles. The molecule has 5 rings (SSSR count). The van der Waals surface area contributed by atoms with Gasteiger partial charge in [-0.1, -0.05) is 23.2 Å². The summed E-state index contributed by atoms with van der Waals surface area (Å²) in [7, 11) is 1.41. The topological polar surface area (TPSA) is 130 Å². The number of piperazine rings is 1. The van der Waals surface area contributed by atoms with Crippen molar-refractivity contribution in [1.29, 1.82) is 0 Å². The van der Waals surface area contributed by atoms with Crippen LogP contribution in [0, 0.1) is 9.52 Å². The molecule has 1 amide bonds. The van der Waals surface area contributed by atoms with Crippen LogP contribution in [0.15, 0.2) is 17.1 Å². The Labute approximate surface area is 245 Å². The highest BCUT2D eigenvalue weighted by Gasteiger charge is 2.32. The summed E-state index contributed by atoms with van der Waals surface area (Å²) >= 11 is 13.8. The van der Waals surface area contributed by atoms with Gasteiger partial charge in [0.2, 0.25) is 5.43 Å². The van der Waals surface area contributed by atoms with E-state index in [1.54, 1.807) is 4.57 Å². The summed E-state index contributed by atoms with van der Waals surface area (Å²) in [6.45, 7) is 2.02. The van der Waals surface area contributed by atoms with E-state index in [1.165, 1.54) is 13.3 Å². The molecule has 3 heterocycles. The Morgan fingerprint density at radius 2 is 1.90 bits per heavy atom. The van der Waals surface area contributed by atoms with E-state index in [-0.39, 0.29) is 45.5 Å². The van der Waals surface area contributed by atoms with Crippen LogP contribution in [0.2, 0.25) is 10.3 Å². The number of pyridine rings is 1. The van der Waals surface area contributed by atoms with Crippen molar-refractivity contribution in [2.45, 2.75) is 18.9 Å². The number of anilines is 1. The van der Waals surface area contributed by atoms with Crippen LogP contribution >= 0.6 is 45.8 Å². The molecule has 15 heteroatoms. The van der Waals surface area contributed by atoms with Gasteiger partial charge in [-0.25, -0.2) is 19.2 Å². The number of methoxy groups -OCH3 is 1. The Bertz CT molecular complexity index is 1560. The molecule has 0 unspecified atom stereocenters. The fraction of sp³-hybridized carbons (Fsp3) is 0.375. The van der Waals surface area contributed by atoms with Crippen LogP contribution in [-0.2, 0) is 0 Å². The highest BCUT2D eigenvalue weighted by molar-refractivity contribution is 14.1. The van der Waals surface area contributed by atoms with Gasteiger partial charge in [-0.2, -0.15) is 0 Å². The van der Waals surface area contributed by atoms with Crippen molar-refractivity contribution in [2.75, 3.05) is 44.9 Å². The maximum atomic E-state index is 15.5. The summed E-state index contributed by atoms with van der Waals surface area (Å²) in [6.07, 6.45) is 2.97. The first kappa shape index (κ1) is 27.8. The molecule has 0 bridgehead atoms. The molecule has 1 aliphatic heterocycles. The van der Waals surface area contributed by atoms with Crippen LogP contribution in [0.5, 0.6) is 5.75 Å². The number of aromatic nitrogens is 3. The van der Waals surface area contributed by atoms with Crippen molar-refractivity contribution in [3.63, 3.8) is 0 Å². The molecule has 39 heavy (non-hydrogen) atoms. The summed E-state index contributed by atoms with van der Waals surface area (Å²) in [5.41, 5.74) is -0.585. The van der Waals surface area contributed by atoms with Gasteiger partial charge in [0.05, 0.1) is 24.7 Å². The van der Waals surface area contributed by atoms with Gasteiger partial charge in [0.25, 0.3) is 5.91 Å². The molecule has 2 fully saturated rings. The van der Waals surface area contributed by atoms with Gasteiger partial charge in [-0.05, 0) is 41.5 Å². The number of nitrogens with one attached hydrogen (secondary N) is 1. The maximum absolute atomic E-state index is 15.5. The van der Waals surface area contributed by atoms with Crippen LogP contribution in [0.25, 0.3) is 10.9 Å². The van der Waals surface area contributed by atoms with Crippen molar-refractivity contribution in [1.82, 2.24) is 24.8 Å². The zero-order chi connectivity index (χ0) is 28.0. The lowest BCUT2D eigenvalue weighted by Crippen LogP contribution is -2.50. The molecule has 1 aromatic carbocycles. The number of carboxylic acid groups (broad SMARTS) is 1. The summed E-state index contributed by atoms with van der Waals surface area (Å²) in [5.74, 6) is -2.33. The summed E-state index contributed by atoms with van der Waals surface area (Å²) in [5, 5.41) is 12.3. The number of ether oxygens (including phenoxy) is 1. The molecule has 3 aromatic rings. The summed E-state index contributed by atoms with van der Waals surface area (Å²) < 4.78 is 23.3. The van der Waals surface area contributed by atoms with Crippen molar-refractivity contribution in [3.05, 3.63) is 53.6 Å². The van der Waals surface area contributed by atoms with Crippen LogP contribution in [0.1, 0.15) is 39.7 Å². The van der Waals surface area contributed by atoms with Gasteiger partial charge >= 0.3 is 5.97 Å². The lowest BCUT2D eigenvalue weighted by atomic mass is 10.1. The van der Waals surface area contributed by atoms with Crippen molar-refractivity contribution >= 4 is 74.3 Å². The second-order valence-corrected chi connectivity index (χ2v) is 10.9. The molecule has 0 spiro atoms. The third-order valence-electron chi connectivity index (χ3n) is 6.71. The monoisotopic (exact) mass is 690 g/mol. The molecule has 0 radical (unpaired) electrons. The number of amides is 1. The van der Waals surface area contributed by atoms with Gasteiger partial charge in [-0.15, -0.1) is 0 Å². The average Bonchev–Trinajstić information content (AvgIpc) is 3.75. The van der Waals surface area contributed by atoms with Crippen LogP contribution in [-0.4, -0.2) is 76.4 Å². The average molecular weight is 691 g/mol. The molecule has 206 valence electrons. The minimum absolute atomic E-state index is 0.0148. The Morgan fingerprint density at radius 3 is 2.51 bits per heavy atom. The quantitative estimate of drug-likeness (QED) is 0.359. The Hall–Kier alpha value is -2.75. The number of nitrogens with zero attached hydrogens (tertiary/aromatic N) is 5. The Balaban J connectivity index is 1.36. The van der Waals surface area contributed by atoms with Crippen LogP contribution in [0.4, 0.5) is 10.1 Å². The highest BCUT2D eigenvalue weighted by atomic mass is 127. The maximum Gasteiger partial charge on any atom is 0.341 e. The SMILES string of the molecule is COc1c(N2CCN(CNC(=O)c3nc(I)c(Cl)nc3Cl)CC2)c(F)cc2c(=O)c(C(=O)O)cn(C3CC3)c12. The first-order valence-corrected chi connectivity index (χ1v) is 13.8. The molecular formula is C24H22Cl2FIN6O5. The number of carboxylic acids is 1. The standard InChI is InChI=1S/C24H22Cl2FIN6O5/c1-39-19-16-12(18(35)13(24(37)38)9-34(16)11-2-3-11)8-14(27)17(19)33-6-4-32(5-7-33)10-29-23(36)15-20(25)31-21(26)22(28)30-15/h8-9,11H,2-7,10H2,1H3,(H,29,36)(H,37,38). The predicted octanol–water partition coefficient (Wildman–Crippen LogP) is 3.39. The van der Waals surface area contributed by atoms with E-state index in [4.69, 9.17) is 27.9 Å². The van der Waals surface area contributed by atoms with Gasteiger partial charge in [-0.3, -0.25) is 14.5 Å². The molecule has 11 nitrogen and oxygen atoms in total. The fourth-order valence-electron chi connectivity index (χ4n) is 4.64. The number of carbonyl (C=O) groups excluding carboxylic acids is 1. The van der Waals surface area contributed by atoms with E-state index in [0.29, 0.717) is 35.4 Å². The van der Waals surface area contributed by atoms with E-state index < -0.39 is 28.7 Å². The minimum Gasteiger partial charge on any atom is -0.492 e. The molecule has 2 N–H and O–H groups in total. The van der Waals surface area contributed by atoms with Crippen molar-refractivity contribution < 1.29 is 23.8 Å². The van der Waals surface area contributed by atoms with Crippen molar-refractivity contribution in [2.24, 2.45) is 0 Å². The van der Waals surface area contributed by atoms with E-state index in [1.807, 2.05) is 32.4 Å². The second kappa shape index (κ2) is 11.0. The number of hydrogen-bond acceptors (Lipinski definition) is 8. The first-order chi connectivity index (χ1) is 18.6. The third-order valence-corrected chi connectivity index (χ3v) is 8.31. The lowest BCUT2D eigenvalue weighted by molar-refractivity contribution is 0.0694. The Morgan fingerprint density at radius 1 is 1.21 bits per heavy atom. The van der Waals surface area contributed by atoms with Gasteiger partial charge in [0, 0.05) is 38.4 Å². The molecule has 1 aliphatic carbocycles. The van der Waals surface area contributed by atoms with E-state index in [0.717, 1.165) is 18.9 Å². The smallest absolute Gasteiger partial charge is 0.341 e. The van der Waals surface area contributed by atoms with Gasteiger partial charge in [0.1, 0.15) is 15.0 Å². The van der Waals surface area contributed by atoms with Gasteiger partial charge < -0.3 is 24.6 Å². The van der Waals surface area contributed by atoms with Crippen LogP contribution < -0.4 is 20.4 Å². The number of benzene rings is 1. The highest BCUT2D eigenvalue weighted by Crippen LogP contribution is 2.43. The first-order valence-electron chi connectivity index (χ1n) is 11.9. The van der Waals surface area contributed by atoms with E-state index >= 15 is 4.39 Å². The number of aromatic carboxylic acids is 1. The summed E-state index contributed by atoms with van der Waals surface area (Å²) in [4.78, 5) is 49.0. The molecule has 1 saturated heterocycles. The fourth-order valence-corrected chi connectivity index (χ4v) is 5.39. The number of hydrogen-bond donors (Lipinski definition) is 2. The molecule has 2 aliphatic rings. The number of carbonyl (C=O) groups is 2. The Kier molecular flexibility index (Phi) is 7.86. The number of fused-ring (bicyclic) bond motifs is 1. The second-order valence-electron chi connectivity index (χ2n) is 9.17. The largest absolute Gasteiger partial charge is 0.492 e. The van der Waals surface area contributed by atoms with E-state index in [9.17, 15) is 19.5 Å².